The molecule has 4 heteroatoms. The molecular formula is C13H14ClNO2. The van der Waals surface area contributed by atoms with Gasteiger partial charge in [0.1, 0.15) is 0 Å². The third kappa shape index (κ3) is 2.34. The van der Waals surface area contributed by atoms with Crippen molar-refractivity contribution in [2.75, 3.05) is 0 Å². The van der Waals surface area contributed by atoms with E-state index in [1.807, 2.05) is 25.1 Å². The first-order chi connectivity index (χ1) is 8.13. The normalized spacial score (nSPS) is 20.2. The monoisotopic (exact) mass is 251 g/mol. The van der Waals surface area contributed by atoms with E-state index in [9.17, 15) is 9.59 Å². The van der Waals surface area contributed by atoms with Crippen molar-refractivity contribution in [3.05, 3.63) is 34.3 Å². The first-order valence-corrected chi connectivity index (χ1v) is 6.12. The van der Waals surface area contributed by atoms with Crippen molar-refractivity contribution in [1.82, 2.24) is 5.32 Å². The van der Waals surface area contributed by atoms with E-state index < -0.39 is 0 Å². The minimum atomic E-state index is -0.299. The summed E-state index contributed by atoms with van der Waals surface area (Å²) in [6, 6.07) is 5.73. The van der Waals surface area contributed by atoms with Crippen molar-refractivity contribution >= 4 is 23.4 Å². The summed E-state index contributed by atoms with van der Waals surface area (Å²) < 4.78 is 0. The van der Waals surface area contributed by atoms with Crippen LogP contribution in [0.15, 0.2) is 18.2 Å². The highest BCUT2D eigenvalue weighted by Crippen LogP contribution is 2.32. The molecule has 1 aliphatic heterocycles. The summed E-state index contributed by atoms with van der Waals surface area (Å²) in [5.41, 5.74) is 1.87. The smallest absolute Gasteiger partial charge is 0.234 e. The zero-order chi connectivity index (χ0) is 12.4. The number of amides is 2. The van der Waals surface area contributed by atoms with Gasteiger partial charge in [0, 0.05) is 11.4 Å². The van der Waals surface area contributed by atoms with Gasteiger partial charge in [-0.15, -0.1) is 0 Å². The summed E-state index contributed by atoms with van der Waals surface area (Å²) in [6.45, 7) is 2.02. The molecule has 1 atom stereocenters. The molecule has 0 spiro atoms. The second-order valence-corrected chi connectivity index (χ2v) is 4.56. The van der Waals surface area contributed by atoms with Gasteiger partial charge in [0.25, 0.3) is 0 Å². The van der Waals surface area contributed by atoms with E-state index in [1.54, 1.807) is 0 Å². The highest BCUT2D eigenvalue weighted by Gasteiger charge is 2.29. The van der Waals surface area contributed by atoms with Gasteiger partial charge in [0.2, 0.25) is 11.8 Å². The van der Waals surface area contributed by atoms with Gasteiger partial charge in [-0.1, -0.05) is 36.7 Å². The first-order valence-electron chi connectivity index (χ1n) is 5.74. The Kier molecular flexibility index (Phi) is 3.48. The number of imide groups is 1. The predicted octanol–water partition coefficient (Wildman–Crippen LogP) is 2.42. The number of benzene rings is 1. The molecule has 0 saturated carbocycles. The number of hydrogen-bond acceptors (Lipinski definition) is 2. The van der Waals surface area contributed by atoms with Gasteiger partial charge in [-0.05, 0) is 24.0 Å². The molecule has 0 bridgehead atoms. The highest BCUT2D eigenvalue weighted by atomic mass is 35.5. The zero-order valence-corrected chi connectivity index (χ0v) is 10.4. The maximum atomic E-state index is 11.8. The maximum absolute atomic E-state index is 11.8. The van der Waals surface area contributed by atoms with Crippen LogP contribution < -0.4 is 5.32 Å². The van der Waals surface area contributed by atoms with Crippen LogP contribution >= 0.6 is 11.6 Å². The van der Waals surface area contributed by atoms with Gasteiger partial charge >= 0.3 is 0 Å². The second-order valence-electron chi connectivity index (χ2n) is 4.18. The average molecular weight is 252 g/mol. The summed E-state index contributed by atoms with van der Waals surface area (Å²) in [5, 5.41) is 3.01. The minimum absolute atomic E-state index is 0.200. The lowest BCUT2D eigenvalue weighted by atomic mass is 9.89. The SMILES string of the molecule is CCc1cccc(C2CCC(=O)NC2=O)c1Cl. The fourth-order valence-electron chi connectivity index (χ4n) is 2.13. The molecule has 1 N–H and O–H groups in total. The molecule has 17 heavy (non-hydrogen) atoms. The Morgan fingerprint density at radius 3 is 2.82 bits per heavy atom. The van der Waals surface area contributed by atoms with Crippen molar-refractivity contribution in [3.63, 3.8) is 0 Å². The van der Waals surface area contributed by atoms with Gasteiger partial charge in [0.15, 0.2) is 0 Å². The molecule has 1 fully saturated rings. The Morgan fingerprint density at radius 2 is 2.18 bits per heavy atom. The fraction of sp³-hybridized carbons (Fsp3) is 0.385. The van der Waals surface area contributed by atoms with E-state index in [-0.39, 0.29) is 17.7 Å². The molecule has 0 aromatic heterocycles. The summed E-state index contributed by atoms with van der Waals surface area (Å²) in [5.74, 6) is -0.739. The zero-order valence-electron chi connectivity index (χ0n) is 9.63. The number of rotatable bonds is 2. The van der Waals surface area contributed by atoms with Crippen LogP contribution in [0.25, 0.3) is 0 Å². The fourth-order valence-corrected chi connectivity index (χ4v) is 2.52. The predicted molar refractivity (Wildman–Crippen MR) is 66.0 cm³/mol. The van der Waals surface area contributed by atoms with Crippen LogP contribution in [0.5, 0.6) is 0 Å². The molecule has 2 amide bonds. The number of carbonyl (C=O) groups is 2. The molecular weight excluding hydrogens is 238 g/mol. The van der Waals surface area contributed by atoms with E-state index in [2.05, 4.69) is 5.32 Å². The van der Waals surface area contributed by atoms with Crippen molar-refractivity contribution < 1.29 is 9.59 Å². The lowest BCUT2D eigenvalue weighted by Crippen LogP contribution is -2.39. The number of aryl methyl sites for hydroxylation is 1. The topological polar surface area (TPSA) is 46.2 Å². The van der Waals surface area contributed by atoms with Crippen molar-refractivity contribution in [2.45, 2.75) is 32.1 Å². The Morgan fingerprint density at radius 1 is 1.41 bits per heavy atom. The van der Waals surface area contributed by atoms with E-state index in [0.29, 0.717) is 17.9 Å². The molecule has 2 rings (SSSR count). The Bertz CT molecular complexity index is 470. The van der Waals surface area contributed by atoms with Crippen LogP contribution in [0.4, 0.5) is 0 Å². The van der Waals surface area contributed by atoms with Gasteiger partial charge in [-0.2, -0.15) is 0 Å². The highest BCUT2D eigenvalue weighted by molar-refractivity contribution is 6.32. The second kappa shape index (κ2) is 4.88. The van der Waals surface area contributed by atoms with Crippen molar-refractivity contribution in [1.29, 1.82) is 0 Å². The quantitative estimate of drug-likeness (QED) is 0.821. The van der Waals surface area contributed by atoms with E-state index in [1.165, 1.54) is 0 Å². The number of hydrogen-bond donors (Lipinski definition) is 1. The maximum Gasteiger partial charge on any atom is 0.234 e. The summed E-state index contributed by atoms with van der Waals surface area (Å²) in [7, 11) is 0. The Labute approximate surface area is 105 Å². The molecule has 1 aliphatic rings. The van der Waals surface area contributed by atoms with E-state index in [4.69, 9.17) is 11.6 Å². The molecule has 1 saturated heterocycles. The van der Waals surface area contributed by atoms with Crippen LogP contribution in [0.1, 0.15) is 36.8 Å². The summed E-state index contributed by atoms with van der Waals surface area (Å²) in [6.07, 6.45) is 1.75. The minimum Gasteiger partial charge on any atom is -0.296 e. The number of carbonyl (C=O) groups excluding carboxylic acids is 2. The molecule has 1 aromatic carbocycles. The van der Waals surface area contributed by atoms with Gasteiger partial charge in [-0.3, -0.25) is 14.9 Å². The van der Waals surface area contributed by atoms with Crippen LogP contribution in [-0.4, -0.2) is 11.8 Å². The van der Waals surface area contributed by atoms with Crippen molar-refractivity contribution in [2.24, 2.45) is 0 Å². The molecule has 90 valence electrons. The van der Waals surface area contributed by atoms with Gasteiger partial charge in [-0.25, -0.2) is 0 Å². The van der Waals surface area contributed by atoms with Gasteiger partial charge in [0.05, 0.1) is 5.92 Å². The lowest BCUT2D eigenvalue weighted by molar-refractivity contribution is -0.134. The third-order valence-electron chi connectivity index (χ3n) is 3.10. The number of halogens is 1. The Hall–Kier alpha value is -1.35. The summed E-state index contributed by atoms with van der Waals surface area (Å²) in [4.78, 5) is 22.9. The van der Waals surface area contributed by atoms with Crippen LogP contribution in [0.2, 0.25) is 5.02 Å². The molecule has 1 unspecified atom stereocenters. The molecule has 1 aromatic rings. The van der Waals surface area contributed by atoms with E-state index in [0.717, 1.165) is 17.5 Å². The Balaban J connectivity index is 2.34. The molecule has 3 nitrogen and oxygen atoms in total. The molecule has 0 radical (unpaired) electrons. The van der Waals surface area contributed by atoms with E-state index >= 15 is 0 Å². The molecule has 0 aliphatic carbocycles. The molecule has 1 heterocycles. The summed E-state index contributed by atoms with van der Waals surface area (Å²) >= 11 is 6.28. The van der Waals surface area contributed by atoms with Crippen molar-refractivity contribution in [3.8, 4) is 0 Å². The lowest BCUT2D eigenvalue weighted by Gasteiger charge is -2.22. The third-order valence-corrected chi connectivity index (χ3v) is 3.57. The number of piperidine rings is 1. The van der Waals surface area contributed by atoms with Crippen LogP contribution in [0, 0.1) is 0 Å². The first kappa shape index (κ1) is 12.1. The number of nitrogens with one attached hydrogen (secondary N) is 1. The van der Waals surface area contributed by atoms with Crippen LogP contribution in [-0.2, 0) is 16.0 Å². The van der Waals surface area contributed by atoms with Crippen LogP contribution in [0.3, 0.4) is 0 Å². The van der Waals surface area contributed by atoms with Gasteiger partial charge < -0.3 is 0 Å². The standard InChI is InChI=1S/C13H14ClNO2/c1-2-8-4-3-5-9(12(8)14)10-6-7-11(16)15-13(10)17/h3-5,10H,2,6-7H2,1H3,(H,15,16,17). The average Bonchev–Trinajstić information content (AvgIpc) is 2.30. The largest absolute Gasteiger partial charge is 0.296 e.